The number of carbonyl (C=O) groups is 1. The highest BCUT2D eigenvalue weighted by molar-refractivity contribution is 6.32. The summed E-state index contributed by atoms with van der Waals surface area (Å²) in [5.74, 6) is -0.964. The van der Waals surface area contributed by atoms with E-state index in [1.807, 2.05) is 0 Å². The molecule has 0 saturated carbocycles. The fourth-order valence-corrected chi connectivity index (χ4v) is 2.00. The largest absolute Gasteiger partial charge is 0.480 e. The third-order valence-corrected chi connectivity index (χ3v) is 3.04. The van der Waals surface area contributed by atoms with Crippen LogP contribution in [-0.2, 0) is 11.3 Å². The number of hydrogen-bond acceptors (Lipinski definition) is 2. The topological polar surface area (TPSA) is 59.3 Å². The van der Waals surface area contributed by atoms with Crippen molar-refractivity contribution in [3.8, 4) is 0 Å². The molecular weight excluding hydrogens is 242 g/mol. The lowest BCUT2D eigenvalue weighted by atomic mass is 10.1. The molecule has 0 saturated heterocycles. The molecule has 1 aromatic heterocycles. The smallest absolute Gasteiger partial charge is 0.323 e. The molecule has 17 heavy (non-hydrogen) atoms. The number of carboxylic acid groups (broad SMARTS) is 1. The van der Waals surface area contributed by atoms with Gasteiger partial charge in [-0.2, -0.15) is 0 Å². The molecule has 0 spiro atoms. The Labute approximate surface area is 102 Å². The molecule has 0 bridgehead atoms. The van der Waals surface area contributed by atoms with Gasteiger partial charge in [0, 0.05) is 22.7 Å². The van der Waals surface area contributed by atoms with Crippen molar-refractivity contribution in [1.82, 2.24) is 4.57 Å². The van der Waals surface area contributed by atoms with Crippen molar-refractivity contribution in [2.24, 2.45) is 0 Å². The van der Waals surface area contributed by atoms with Gasteiger partial charge in [0.1, 0.15) is 6.54 Å². The molecule has 0 amide bonds. The Kier molecular flexibility index (Phi) is 2.90. The fraction of sp³-hybridized carbons (Fsp3) is 0.167. The Morgan fingerprint density at radius 1 is 1.41 bits per heavy atom. The Morgan fingerprint density at radius 2 is 2.12 bits per heavy atom. The number of benzene rings is 1. The monoisotopic (exact) mass is 251 g/mol. The summed E-state index contributed by atoms with van der Waals surface area (Å²) < 4.78 is 1.51. The van der Waals surface area contributed by atoms with Gasteiger partial charge >= 0.3 is 5.97 Å². The predicted molar refractivity (Wildman–Crippen MR) is 65.6 cm³/mol. The standard InChI is InChI=1S/C12H10ClNO3/c1-7-9(13)3-2-8-10(15)4-5-14(12(7)8)6-11(16)17/h2-5H,6H2,1H3,(H,16,17). The summed E-state index contributed by atoms with van der Waals surface area (Å²) in [6.07, 6.45) is 1.47. The number of aryl methyl sites for hydroxylation is 1. The van der Waals surface area contributed by atoms with Gasteiger partial charge in [0.25, 0.3) is 0 Å². The second-order valence-electron chi connectivity index (χ2n) is 3.77. The average Bonchev–Trinajstić information content (AvgIpc) is 2.26. The zero-order chi connectivity index (χ0) is 12.6. The number of halogens is 1. The van der Waals surface area contributed by atoms with Crippen LogP contribution in [0.5, 0.6) is 0 Å². The second kappa shape index (κ2) is 4.22. The SMILES string of the molecule is Cc1c(Cl)ccc2c(=O)ccn(CC(=O)O)c12. The average molecular weight is 252 g/mol. The number of hydrogen-bond donors (Lipinski definition) is 1. The van der Waals surface area contributed by atoms with Gasteiger partial charge in [0.05, 0.1) is 5.52 Å². The molecule has 88 valence electrons. The minimum absolute atomic E-state index is 0.138. The van der Waals surface area contributed by atoms with E-state index in [2.05, 4.69) is 0 Å². The molecule has 0 aliphatic rings. The maximum absolute atomic E-state index is 11.7. The number of nitrogens with zero attached hydrogens (tertiary/aromatic N) is 1. The maximum atomic E-state index is 11.7. The van der Waals surface area contributed by atoms with E-state index in [9.17, 15) is 9.59 Å². The Bertz CT molecular complexity index is 661. The first kappa shape index (κ1) is 11.7. The minimum Gasteiger partial charge on any atom is -0.480 e. The summed E-state index contributed by atoms with van der Waals surface area (Å²) >= 11 is 5.99. The van der Waals surface area contributed by atoms with Crippen LogP contribution in [0.3, 0.4) is 0 Å². The van der Waals surface area contributed by atoms with Gasteiger partial charge < -0.3 is 9.67 Å². The number of aromatic nitrogens is 1. The zero-order valence-corrected chi connectivity index (χ0v) is 9.86. The lowest BCUT2D eigenvalue weighted by Gasteiger charge is -2.11. The van der Waals surface area contributed by atoms with E-state index in [0.29, 0.717) is 21.5 Å². The van der Waals surface area contributed by atoms with Crippen molar-refractivity contribution in [3.63, 3.8) is 0 Å². The van der Waals surface area contributed by atoms with Gasteiger partial charge in [-0.05, 0) is 24.6 Å². The van der Waals surface area contributed by atoms with E-state index in [1.54, 1.807) is 19.1 Å². The molecule has 0 aliphatic carbocycles. The highest BCUT2D eigenvalue weighted by Crippen LogP contribution is 2.23. The predicted octanol–water partition coefficient (Wildman–Crippen LogP) is 2.05. The summed E-state index contributed by atoms with van der Waals surface area (Å²) in [5.41, 5.74) is 1.15. The van der Waals surface area contributed by atoms with E-state index in [-0.39, 0.29) is 12.0 Å². The molecular formula is C12H10ClNO3. The van der Waals surface area contributed by atoms with Gasteiger partial charge in [0.15, 0.2) is 5.43 Å². The lowest BCUT2D eigenvalue weighted by Crippen LogP contribution is -2.14. The van der Waals surface area contributed by atoms with Gasteiger partial charge in [0.2, 0.25) is 0 Å². The van der Waals surface area contributed by atoms with Crippen LogP contribution in [0.4, 0.5) is 0 Å². The fourth-order valence-electron chi connectivity index (χ4n) is 1.84. The van der Waals surface area contributed by atoms with Gasteiger partial charge in [-0.15, -0.1) is 0 Å². The van der Waals surface area contributed by atoms with Crippen molar-refractivity contribution >= 4 is 28.5 Å². The number of carboxylic acids is 1. The number of pyridine rings is 1. The quantitative estimate of drug-likeness (QED) is 0.889. The summed E-state index contributed by atoms with van der Waals surface area (Å²) in [7, 11) is 0. The van der Waals surface area contributed by atoms with Crippen LogP contribution in [-0.4, -0.2) is 15.6 Å². The molecule has 1 N–H and O–H groups in total. The third kappa shape index (κ3) is 2.03. The first-order valence-electron chi connectivity index (χ1n) is 5.01. The Balaban J connectivity index is 2.86. The number of rotatable bonds is 2. The molecule has 5 heteroatoms. The van der Waals surface area contributed by atoms with E-state index in [1.165, 1.54) is 16.8 Å². The molecule has 1 heterocycles. The number of aliphatic carboxylic acids is 1. The molecule has 0 fully saturated rings. The van der Waals surface area contributed by atoms with Crippen molar-refractivity contribution in [2.75, 3.05) is 0 Å². The van der Waals surface area contributed by atoms with E-state index in [4.69, 9.17) is 16.7 Å². The molecule has 4 nitrogen and oxygen atoms in total. The normalized spacial score (nSPS) is 10.7. The zero-order valence-electron chi connectivity index (χ0n) is 9.11. The molecule has 2 rings (SSSR count). The van der Waals surface area contributed by atoms with Crippen molar-refractivity contribution in [1.29, 1.82) is 0 Å². The highest BCUT2D eigenvalue weighted by Gasteiger charge is 2.10. The van der Waals surface area contributed by atoms with E-state index >= 15 is 0 Å². The first-order chi connectivity index (χ1) is 8.00. The van der Waals surface area contributed by atoms with Crippen molar-refractivity contribution in [2.45, 2.75) is 13.5 Å². The lowest BCUT2D eigenvalue weighted by molar-refractivity contribution is -0.137. The van der Waals surface area contributed by atoms with Crippen LogP contribution < -0.4 is 5.43 Å². The second-order valence-corrected chi connectivity index (χ2v) is 4.18. The van der Waals surface area contributed by atoms with Crippen molar-refractivity contribution in [3.05, 3.63) is 45.2 Å². The highest BCUT2D eigenvalue weighted by atomic mass is 35.5. The molecule has 0 radical (unpaired) electrons. The Hall–Kier alpha value is -1.81. The minimum atomic E-state index is -0.964. The van der Waals surface area contributed by atoms with Gasteiger partial charge in [-0.25, -0.2) is 0 Å². The summed E-state index contributed by atoms with van der Waals surface area (Å²) in [6, 6.07) is 4.62. The van der Waals surface area contributed by atoms with Crippen LogP contribution in [0.25, 0.3) is 10.9 Å². The van der Waals surface area contributed by atoms with Crippen LogP contribution >= 0.6 is 11.6 Å². The van der Waals surface area contributed by atoms with Crippen LogP contribution in [0.15, 0.2) is 29.2 Å². The summed E-state index contributed by atoms with van der Waals surface area (Å²) in [5, 5.41) is 9.82. The molecule has 0 aliphatic heterocycles. The van der Waals surface area contributed by atoms with E-state index in [0.717, 1.165) is 0 Å². The van der Waals surface area contributed by atoms with Gasteiger partial charge in [-0.3, -0.25) is 9.59 Å². The summed E-state index contributed by atoms with van der Waals surface area (Å²) in [4.78, 5) is 22.4. The molecule has 2 aromatic rings. The van der Waals surface area contributed by atoms with Gasteiger partial charge in [-0.1, -0.05) is 11.6 Å². The maximum Gasteiger partial charge on any atom is 0.323 e. The Morgan fingerprint density at radius 3 is 2.76 bits per heavy atom. The van der Waals surface area contributed by atoms with Crippen molar-refractivity contribution < 1.29 is 9.90 Å². The molecule has 0 unspecified atom stereocenters. The van der Waals surface area contributed by atoms with Crippen LogP contribution in [0, 0.1) is 6.92 Å². The van der Waals surface area contributed by atoms with Crippen LogP contribution in [0.1, 0.15) is 5.56 Å². The summed E-state index contributed by atoms with van der Waals surface area (Å²) in [6.45, 7) is 1.57. The third-order valence-electron chi connectivity index (χ3n) is 2.63. The van der Waals surface area contributed by atoms with E-state index < -0.39 is 5.97 Å². The number of fused-ring (bicyclic) bond motifs is 1. The molecule has 1 aromatic carbocycles. The first-order valence-corrected chi connectivity index (χ1v) is 5.38. The van der Waals surface area contributed by atoms with Crippen LogP contribution in [0.2, 0.25) is 5.02 Å². The molecule has 0 atom stereocenters.